The van der Waals surface area contributed by atoms with Crippen LogP contribution in [0, 0.1) is 0 Å². The van der Waals surface area contributed by atoms with Gasteiger partial charge in [-0.1, -0.05) is 43.7 Å². The maximum absolute atomic E-state index is 3.67. The van der Waals surface area contributed by atoms with Crippen LogP contribution >= 0.6 is 0 Å². The first-order chi connectivity index (χ1) is 7.42. The van der Waals surface area contributed by atoms with Crippen LogP contribution in [-0.4, -0.2) is 12.6 Å². The molecule has 0 unspecified atom stereocenters. The van der Waals surface area contributed by atoms with Crippen molar-refractivity contribution in [2.24, 2.45) is 0 Å². The van der Waals surface area contributed by atoms with E-state index < -0.39 is 0 Å². The van der Waals surface area contributed by atoms with Crippen LogP contribution in [-0.2, 0) is 0 Å². The van der Waals surface area contributed by atoms with Crippen molar-refractivity contribution in [2.75, 3.05) is 6.54 Å². The van der Waals surface area contributed by atoms with Crippen molar-refractivity contribution in [1.29, 1.82) is 0 Å². The Morgan fingerprint density at radius 2 is 2.07 bits per heavy atom. The molecule has 2 rings (SSSR count). The summed E-state index contributed by atoms with van der Waals surface area (Å²) in [6.45, 7) is 3.50. The molecule has 1 fully saturated rings. The minimum absolute atomic E-state index is 0.700. The summed E-state index contributed by atoms with van der Waals surface area (Å²) in [5.41, 5.74) is 1.50. The van der Waals surface area contributed by atoms with Crippen molar-refractivity contribution in [3.05, 3.63) is 35.9 Å². The largest absolute Gasteiger partial charge is 0.313 e. The lowest BCUT2D eigenvalue weighted by Crippen LogP contribution is -2.38. The third kappa shape index (κ3) is 2.60. The Balaban J connectivity index is 2.09. The van der Waals surface area contributed by atoms with Crippen LogP contribution in [0.25, 0.3) is 0 Å². The van der Waals surface area contributed by atoms with Gasteiger partial charge in [0.2, 0.25) is 0 Å². The second-order valence-electron chi connectivity index (χ2n) is 4.48. The van der Waals surface area contributed by atoms with Crippen molar-refractivity contribution < 1.29 is 0 Å². The van der Waals surface area contributed by atoms with E-state index in [-0.39, 0.29) is 0 Å². The van der Waals surface area contributed by atoms with Gasteiger partial charge in [0.15, 0.2) is 0 Å². The molecule has 0 bridgehead atoms. The SMILES string of the molecule is CC[C@H](c1ccccc1)[C@@H]1CCCCN1. The molecule has 82 valence electrons. The molecular weight excluding hydrogens is 182 g/mol. The van der Waals surface area contributed by atoms with Gasteiger partial charge in [-0.3, -0.25) is 0 Å². The Hall–Kier alpha value is -0.820. The second kappa shape index (κ2) is 5.32. The van der Waals surface area contributed by atoms with Gasteiger partial charge in [-0.15, -0.1) is 0 Å². The molecule has 15 heavy (non-hydrogen) atoms. The van der Waals surface area contributed by atoms with E-state index in [0.29, 0.717) is 12.0 Å². The molecule has 0 aromatic heterocycles. The minimum Gasteiger partial charge on any atom is -0.313 e. The lowest BCUT2D eigenvalue weighted by Gasteiger charge is -2.31. The zero-order valence-electron chi connectivity index (χ0n) is 9.58. The van der Waals surface area contributed by atoms with Crippen molar-refractivity contribution in [1.82, 2.24) is 5.32 Å². The molecule has 1 heterocycles. The van der Waals surface area contributed by atoms with Crippen molar-refractivity contribution in [3.8, 4) is 0 Å². The zero-order valence-corrected chi connectivity index (χ0v) is 9.58. The van der Waals surface area contributed by atoms with Crippen LogP contribution in [0.3, 0.4) is 0 Å². The van der Waals surface area contributed by atoms with Crippen molar-refractivity contribution in [3.63, 3.8) is 0 Å². The average Bonchev–Trinajstić information content (AvgIpc) is 2.33. The Morgan fingerprint density at radius 1 is 1.27 bits per heavy atom. The molecule has 2 atom stereocenters. The van der Waals surface area contributed by atoms with E-state index in [2.05, 4.69) is 42.6 Å². The van der Waals surface area contributed by atoms with Crippen LogP contribution in [0.4, 0.5) is 0 Å². The normalized spacial score (nSPS) is 23.7. The predicted molar refractivity (Wildman–Crippen MR) is 65.1 cm³/mol. The molecule has 1 aromatic rings. The molecule has 0 aliphatic carbocycles. The van der Waals surface area contributed by atoms with Gasteiger partial charge in [0.1, 0.15) is 0 Å². The standard InChI is InChI=1S/C14H21N/c1-2-13(12-8-4-3-5-9-12)14-10-6-7-11-15-14/h3-5,8-9,13-15H,2,6-7,10-11H2,1H3/t13-,14+/m1/s1. The Bertz CT molecular complexity index is 275. The molecule has 1 nitrogen and oxygen atoms in total. The zero-order chi connectivity index (χ0) is 10.5. The number of hydrogen-bond donors (Lipinski definition) is 1. The first-order valence-corrected chi connectivity index (χ1v) is 6.20. The van der Waals surface area contributed by atoms with Gasteiger partial charge in [-0.05, 0) is 37.3 Å². The van der Waals surface area contributed by atoms with Crippen LogP contribution in [0.15, 0.2) is 30.3 Å². The summed E-state index contributed by atoms with van der Waals surface area (Å²) in [6, 6.07) is 11.6. The van der Waals surface area contributed by atoms with Crippen LogP contribution in [0.2, 0.25) is 0 Å². The lowest BCUT2D eigenvalue weighted by atomic mass is 9.85. The number of benzene rings is 1. The molecule has 0 radical (unpaired) electrons. The smallest absolute Gasteiger partial charge is 0.0136 e. The molecule has 0 amide bonds. The predicted octanol–water partition coefficient (Wildman–Crippen LogP) is 3.32. The first kappa shape index (κ1) is 10.7. The topological polar surface area (TPSA) is 12.0 Å². The van der Waals surface area contributed by atoms with E-state index in [4.69, 9.17) is 0 Å². The first-order valence-electron chi connectivity index (χ1n) is 6.20. The fraction of sp³-hybridized carbons (Fsp3) is 0.571. The van der Waals surface area contributed by atoms with E-state index in [1.807, 2.05) is 0 Å². The van der Waals surface area contributed by atoms with Gasteiger partial charge in [-0.2, -0.15) is 0 Å². The maximum atomic E-state index is 3.67. The highest BCUT2D eigenvalue weighted by molar-refractivity contribution is 5.21. The highest BCUT2D eigenvalue weighted by Gasteiger charge is 2.22. The van der Waals surface area contributed by atoms with E-state index >= 15 is 0 Å². The molecule has 1 aliphatic rings. The van der Waals surface area contributed by atoms with E-state index in [9.17, 15) is 0 Å². The molecule has 1 saturated heterocycles. The van der Waals surface area contributed by atoms with Crippen LogP contribution in [0.5, 0.6) is 0 Å². The molecule has 0 spiro atoms. The number of piperidine rings is 1. The average molecular weight is 203 g/mol. The van der Waals surface area contributed by atoms with E-state index in [1.54, 1.807) is 0 Å². The fourth-order valence-electron chi connectivity index (χ4n) is 2.67. The van der Waals surface area contributed by atoms with Crippen molar-refractivity contribution in [2.45, 2.75) is 44.6 Å². The molecule has 1 heteroatoms. The lowest BCUT2D eigenvalue weighted by molar-refractivity contribution is 0.344. The molecule has 0 saturated carbocycles. The van der Waals surface area contributed by atoms with E-state index in [1.165, 1.54) is 37.8 Å². The highest BCUT2D eigenvalue weighted by Crippen LogP contribution is 2.27. The number of hydrogen-bond acceptors (Lipinski definition) is 1. The summed E-state index contributed by atoms with van der Waals surface area (Å²) in [5.74, 6) is 0.700. The number of rotatable bonds is 3. The van der Waals surface area contributed by atoms with Crippen LogP contribution < -0.4 is 5.32 Å². The van der Waals surface area contributed by atoms with Gasteiger partial charge in [0.05, 0.1) is 0 Å². The van der Waals surface area contributed by atoms with Gasteiger partial charge in [0, 0.05) is 6.04 Å². The molecule has 1 aromatic carbocycles. The summed E-state index contributed by atoms with van der Waals surface area (Å²) < 4.78 is 0. The third-order valence-electron chi connectivity index (χ3n) is 3.50. The maximum Gasteiger partial charge on any atom is 0.0136 e. The quantitative estimate of drug-likeness (QED) is 0.794. The Morgan fingerprint density at radius 3 is 2.67 bits per heavy atom. The van der Waals surface area contributed by atoms with Gasteiger partial charge in [0.25, 0.3) is 0 Å². The van der Waals surface area contributed by atoms with E-state index in [0.717, 1.165) is 0 Å². The number of nitrogens with one attached hydrogen (secondary N) is 1. The highest BCUT2D eigenvalue weighted by atomic mass is 14.9. The minimum atomic E-state index is 0.700. The second-order valence-corrected chi connectivity index (χ2v) is 4.48. The Kier molecular flexibility index (Phi) is 3.79. The molecule has 1 aliphatic heterocycles. The van der Waals surface area contributed by atoms with Crippen molar-refractivity contribution >= 4 is 0 Å². The summed E-state index contributed by atoms with van der Waals surface area (Å²) in [4.78, 5) is 0. The van der Waals surface area contributed by atoms with Crippen LogP contribution in [0.1, 0.15) is 44.1 Å². The molecular formula is C14H21N. The summed E-state index contributed by atoms with van der Waals surface area (Å²) >= 11 is 0. The third-order valence-corrected chi connectivity index (χ3v) is 3.50. The summed E-state index contributed by atoms with van der Waals surface area (Å²) in [7, 11) is 0. The van der Waals surface area contributed by atoms with Gasteiger partial charge < -0.3 is 5.32 Å². The van der Waals surface area contributed by atoms with Gasteiger partial charge >= 0.3 is 0 Å². The van der Waals surface area contributed by atoms with Gasteiger partial charge in [-0.25, -0.2) is 0 Å². The fourth-order valence-corrected chi connectivity index (χ4v) is 2.67. The summed E-state index contributed by atoms with van der Waals surface area (Å²) in [5, 5.41) is 3.67. The molecule has 1 N–H and O–H groups in total. The Labute approximate surface area is 92.9 Å². The monoisotopic (exact) mass is 203 g/mol. The summed E-state index contributed by atoms with van der Waals surface area (Å²) in [6.07, 6.45) is 5.32.